The standard InChI is InChI=1S/C14H14ClN3O/c1-19-13-6-10(15)2-3-11(13)14-17-8-9-7-16-5-4-12(9)18-14/h2-3,6,8,16H,4-5,7H2,1H3. The van der Waals surface area contributed by atoms with Crippen molar-refractivity contribution >= 4 is 11.6 Å². The Morgan fingerprint density at radius 1 is 1.37 bits per heavy atom. The van der Waals surface area contributed by atoms with Crippen LogP contribution in [0.25, 0.3) is 11.4 Å². The molecule has 1 aromatic carbocycles. The van der Waals surface area contributed by atoms with Gasteiger partial charge in [-0.1, -0.05) is 11.6 Å². The summed E-state index contributed by atoms with van der Waals surface area (Å²) in [6.07, 6.45) is 2.82. The van der Waals surface area contributed by atoms with Crippen molar-refractivity contribution in [2.75, 3.05) is 13.7 Å². The average molecular weight is 276 g/mol. The van der Waals surface area contributed by atoms with Gasteiger partial charge in [-0.2, -0.15) is 0 Å². The molecule has 2 heterocycles. The summed E-state index contributed by atoms with van der Waals surface area (Å²) < 4.78 is 5.35. The van der Waals surface area contributed by atoms with E-state index in [1.54, 1.807) is 13.2 Å². The first kappa shape index (κ1) is 12.4. The third kappa shape index (κ3) is 2.41. The Kier molecular flexibility index (Phi) is 3.36. The van der Waals surface area contributed by atoms with Crippen LogP contribution in [0.1, 0.15) is 11.3 Å². The summed E-state index contributed by atoms with van der Waals surface area (Å²) >= 11 is 5.97. The fourth-order valence-electron chi connectivity index (χ4n) is 2.22. The van der Waals surface area contributed by atoms with Crippen LogP contribution in [-0.4, -0.2) is 23.6 Å². The zero-order chi connectivity index (χ0) is 13.2. The molecule has 5 heteroatoms. The minimum atomic E-state index is 0.641. The van der Waals surface area contributed by atoms with E-state index in [9.17, 15) is 0 Å². The van der Waals surface area contributed by atoms with Gasteiger partial charge in [-0.05, 0) is 18.2 Å². The number of methoxy groups -OCH3 is 1. The zero-order valence-corrected chi connectivity index (χ0v) is 11.4. The molecule has 19 heavy (non-hydrogen) atoms. The summed E-state index contributed by atoms with van der Waals surface area (Å²) in [6, 6.07) is 5.50. The van der Waals surface area contributed by atoms with E-state index >= 15 is 0 Å². The number of hydrogen-bond donors (Lipinski definition) is 1. The van der Waals surface area contributed by atoms with Crippen molar-refractivity contribution in [2.45, 2.75) is 13.0 Å². The number of nitrogens with one attached hydrogen (secondary N) is 1. The summed E-state index contributed by atoms with van der Waals surface area (Å²) in [5, 5.41) is 3.95. The maximum atomic E-state index is 5.97. The largest absolute Gasteiger partial charge is 0.496 e. The van der Waals surface area contributed by atoms with E-state index in [0.717, 1.165) is 30.8 Å². The maximum absolute atomic E-state index is 5.97. The number of benzene rings is 1. The van der Waals surface area contributed by atoms with Crippen LogP contribution in [0.2, 0.25) is 5.02 Å². The van der Waals surface area contributed by atoms with Gasteiger partial charge in [0, 0.05) is 36.3 Å². The summed E-state index contributed by atoms with van der Waals surface area (Å²) in [5.74, 6) is 1.38. The maximum Gasteiger partial charge on any atom is 0.163 e. The molecular weight excluding hydrogens is 262 g/mol. The Morgan fingerprint density at radius 2 is 2.26 bits per heavy atom. The number of halogens is 1. The van der Waals surface area contributed by atoms with Crippen LogP contribution in [-0.2, 0) is 13.0 Å². The second-order valence-electron chi connectivity index (χ2n) is 4.44. The summed E-state index contributed by atoms with van der Waals surface area (Å²) in [7, 11) is 1.62. The second-order valence-corrected chi connectivity index (χ2v) is 4.87. The van der Waals surface area contributed by atoms with E-state index in [-0.39, 0.29) is 0 Å². The first-order valence-corrected chi connectivity index (χ1v) is 6.55. The van der Waals surface area contributed by atoms with E-state index in [0.29, 0.717) is 16.6 Å². The van der Waals surface area contributed by atoms with Gasteiger partial charge in [0.05, 0.1) is 18.4 Å². The van der Waals surface area contributed by atoms with E-state index in [4.69, 9.17) is 16.3 Å². The molecule has 3 rings (SSSR count). The van der Waals surface area contributed by atoms with Gasteiger partial charge < -0.3 is 10.1 Å². The molecule has 0 saturated heterocycles. The fraction of sp³-hybridized carbons (Fsp3) is 0.286. The molecule has 98 valence electrons. The Hall–Kier alpha value is -1.65. The molecule has 2 aromatic rings. The normalized spacial score (nSPS) is 14.0. The monoisotopic (exact) mass is 275 g/mol. The van der Waals surface area contributed by atoms with Crippen molar-refractivity contribution in [2.24, 2.45) is 0 Å². The molecule has 0 fully saturated rings. The lowest BCUT2D eigenvalue weighted by Crippen LogP contribution is -2.25. The molecule has 1 aliphatic rings. The topological polar surface area (TPSA) is 47.0 Å². The predicted octanol–water partition coefficient (Wildman–Crippen LogP) is 2.45. The van der Waals surface area contributed by atoms with Crippen LogP contribution in [0.4, 0.5) is 0 Å². The lowest BCUT2D eigenvalue weighted by atomic mass is 10.1. The fourth-order valence-corrected chi connectivity index (χ4v) is 2.38. The summed E-state index contributed by atoms with van der Waals surface area (Å²) in [6.45, 7) is 1.80. The van der Waals surface area contributed by atoms with Gasteiger partial charge in [-0.15, -0.1) is 0 Å². The van der Waals surface area contributed by atoms with Gasteiger partial charge >= 0.3 is 0 Å². The first-order chi connectivity index (χ1) is 9.28. The number of rotatable bonds is 2. The molecule has 0 spiro atoms. The number of ether oxygens (including phenoxy) is 1. The number of nitrogens with zero attached hydrogens (tertiary/aromatic N) is 2. The van der Waals surface area contributed by atoms with Crippen LogP contribution in [0.3, 0.4) is 0 Å². The highest BCUT2D eigenvalue weighted by atomic mass is 35.5. The van der Waals surface area contributed by atoms with Gasteiger partial charge in [0.25, 0.3) is 0 Å². The molecule has 0 amide bonds. The van der Waals surface area contributed by atoms with Crippen molar-refractivity contribution in [3.8, 4) is 17.1 Å². The molecule has 1 N–H and O–H groups in total. The van der Waals surface area contributed by atoms with E-state index in [2.05, 4.69) is 15.3 Å². The second kappa shape index (κ2) is 5.15. The van der Waals surface area contributed by atoms with Crippen molar-refractivity contribution in [3.63, 3.8) is 0 Å². The van der Waals surface area contributed by atoms with E-state index in [1.165, 1.54) is 5.56 Å². The minimum absolute atomic E-state index is 0.641. The Bertz CT molecular complexity index is 616. The molecule has 0 unspecified atom stereocenters. The Labute approximate surface area is 116 Å². The highest BCUT2D eigenvalue weighted by Crippen LogP contribution is 2.30. The smallest absolute Gasteiger partial charge is 0.163 e. The van der Waals surface area contributed by atoms with Crippen molar-refractivity contribution in [3.05, 3.63) is 40.7 Å². The highest BCUT2D eigenvalue weighted by Gasteiger charge is 2.14. The van der Waals surface area contributed by atoms with Crippen LogP contribution >= 0.6 is 11.6 Å². The number of hydrogen-bond acceptors (Lipinski definition) is 4. The average Bonchev–Trinajstić information content (AvgIpc) is 2.46. The van der Waals surface area contributed by atoms with Gasteiger partial charge in [0.15, 0.2) is 5.82 Å². The summed E-state index contributed by atoms with van der Waals surface area (Å²) in [4.78, 5) is 9.07. The lowest BCUT2D eigenvalue weighted by Gasteiger charge is -2.16. The van der Waals surface area contributed by atoms with E-state index < -0.39 is 0 Å². The predicted molar refractivity (Wildman–Crippen MR) is 74.4 cm³/mol. The molecule has 4 nitrogen and oxygen atoms in total. The zero-order valence-electron chi connectivity index (χ0n) is 10.6. The number of fused-ring (bicyclic) bond motifs is 1. The highest BCUT2D eigenvalue weighted by molar-refractivity contribution is 6.30. The quantitative estimate of drug-likeness (QED) is 0.915. The van der Waals surface area contributed by atoms with Crippen LogP contribution in [0.5, 0.6) is 5.75 Å². The molecule has 0 bridgehead atoms. The SMILES string of the molecule is COc1cc(Cl)ccc1-c1ncc2c(n1)CCNC2. The van der Waals surface area contributed by atoms with Crippen molar-refractivity contribution in [1.82, 2.24) is 15.3 Å². The van der Waals surface area contributed by atoms with Gasteiger partial charge in [-0.3, -0.25) is 0 Å². The molecule has 0 saturated carbocycles. The first-order valence-electron chi connectivity index (χ1n) is 6.17. The minimum Gasteiger partial charge on any atom is -0.496 e. The molecule has 0 radical (unpaired) electrons. The van der Waals surface area contributed by atoms with Gasteiger partial charge in [0.1, 0.15) is 5.75 Å². The molecule has 0 aliphatic carbocycles. The van der Waals surface area contributed by atoms with Crippen molar-refractivity contribution < 1.29 is 4.74 Å². The molecule has 0 atom stereocenters. The molecule has 1 aromatic heterocycles. The summed E-state index contributed by atoms with van der Waals surface area (Å²) in [5.41, 5.74) is 3.15. The van der Waals surface area contributed by atoms with Crippen LogP contribution in [0, 0.1) is 0 Å². The molecule has 1 aliphatic heterocycles. The van der Waals surface area contributed by atoms with Crippen LogP contribution < -0.4 is 10.1 Å². The Balaban J connectivity index is 2.07. The molecular formula is C14H14ClN3O. The number of aromatic nitrogens is 2. The lowest BCUT2D eigenvalue weighted by molar-refractivity contribution is 0.416. The van der Waals surface area contributed by atoms with Gasteiger partial charge in [-0.25, -0.2) is 9.97 Å². The van der Waals surface area contributed by atoms with Gasteiger partial charge in [0.2, 0.25) is 0 Å². The van der Waals surface area contributed by atoms with Crippen molar-refractivity contribution in [1.29, 1.82) is 0 Å². The Morgan fingerprint density at radius 3 is 3.11 bits per heavy atom. The van der Waals surface area contributed by atoms with E-state index in [1.807, 2.05) is 18.3 Å². The third-order valence-corrected chi connectivity index (χ3v) is 3.45. The third-order valence-electron chi connectivity index (χ3n) is 3.21. The van der Waals surface area contributed by atoms with Crippen LogP contribution in [0.15, 0.2) is 24.4 Å².